The average molecular weight is 330 g/mol. The summed E-state index contributed by atoms with van der Waals surface area (Å²) >= 11 is 0. The number of hydrogen-bond donors (Lipinski definition) is 1. The van der Waals surface area contributed by atoms with Crippen molar-refractivity contribution in [2.75, 3.05) is 38.2 Å². The topological polar surface area (TPSA) is 75.7 Å². The van der Waals surface area contributed by atoms with Crippen molar-refractivity contribution in [3.05, 3.63) is 35.6 Å². The van der Waals surface area contributed by atoms with Crippen molar-refractivity contribution in [1.29, 1.82) is 0 Å². The summed E-state index contributed by atoms with van der Waals surface area (Å²) in [6, 6.07) is 5.74. The van der Waals surface area contributed by atoms with Crippen molar-refractivity contribution >= 4 is 15.9 Å². The van der Waals surface area contributed by atoms with Crippen molar-refractivity contribution in [2.45, 2.75) is 6.10 Å². The normalized spacial score (nSPS) is 19.0. The molecule has 22 heavy (non-hydrogen) atoms. The maximum absolute atomic E-state index is 13.3. The van der Waals surface area contributed by atoms with E-state index in [9.17, 15) is 17.6 Å². The molecule has 1 aliphatic heterocycles. The van der Waals surface area contributed by atoms with E-state index in [-0.39, 0.29) is 30.2 Å². The van der Waals surface area contributed by atoms with Crippen molar-refractivity contribution in [3.8, 4) is 0 Å². The van der Waals surface area contributed by atoms with Crippen molar-refractivity contribution in [3.63, 3.8) is 0 Å². The number of amides is 2. The second-order valence-electron chi connectivity index (χ2n) is 5.22. The Kier molecular flexibility index (Phi) is 5.36. The summed E-state index contributed by atoms with van der Waals surface area (Å²) in [5.41, 5.74) is 0.675. The first kappa shape index (κ1) is 16.7. The minimum atomic E-state index is -3.11. The number of rotatable bonds is 4. The molecule has 2 amide bonds. The Morgan fingerprint density at radius 3 is 2.95 bits per heavy atom. The number of morpholine rings is 1. The molecule has 122 valence electrons. The molecule has 0 aromatic heterocycles. The fourth-order valence-electron chi connectivity index (χ4n) is 2.20. The van der Waals surface area contributed by atoms with Gasteiger partial charge in [0.1, 0.15) is 21.8 Å². The molecule has 0 radical (unpaired) electrons. The van der Waals surface area contributed by atoms with Gasteiger partial charge in [-0.25, -0.2) is 17.6 Å². The van der Waals surface area contributed by atoms with E-state index < -0.39 is 9.84 Å². The molecule has 1 unspecified atom stereocenters. The van der Waals surface area contributed by atoms with Crippen LogP contribution < -0.4 is 5.32 Å². The molecule has 1 saturated heterocycles. The first-order valence-corrected chi connectivity index (χ1v) is 8.99. The van der Waals surface area contributed by atoms with Gasteiger partial charge in [0.15, 0.2) is 0 Å². The van der Waals surface area contributed by atoms with Crippen LogP contribution in [0.25, 0.3) is 0 Å². The highest BCUT2D eigenvalue weighted by Crippen LogP contribution is 2.22. The SMILES string of the molecule is CS(=O)(=O)CCNC(=O)N1CCOC(c2cccc(F)c2)C1. The number of sulfone groups is 1. The van der Waals surface area contributed by atoms with Crippen LogP contribution in [0.1, 0.15) is 11.7 Å². The zero-order chi connectivity index (χ0) is 16.2. The van der Waals surface area contributed by atoms with Crippen LogP contribution >= 0.6 is 0 Å². The van der Waals surface area contributed by atoms with Crippen LogP contribution in [0.5, 0.6) is 0 Å². The first-order valence-electron chi connectivity index (χ1n) is 6.93. The highest BCUT2D eigenvalue weighted by atomic mass is 32.2. The van der Waals surface area contributed by atoms with Crippen LogP contribution in [0.3, 0.4) is 0 Å². The second kappa shape index (κ2) is 7.06. The van der Waals surface area contributed by atoms with E-state index in [2.05, 4.69) is 5.32 Å². The fraction of sp³-hybridized carbons (Fsp3) is 0.500. The van der Waals surface area contributed by atoms with Crippen molar-refractivity contribution in [1.82, 2.24) is 10.2 Å². The highest BCUT2D eigenvalue weighted by Gasteiger charge is 2.25. The van der Waals surface area contributed by atoms with Crippen molar-refractivity contribution < 1.29 is 22.3 Å². The number of halogens is 1. The molecule has 0 saturated carbocycles. The zero-order valence-corrected chi connectivity index (χ0v) is 13.1. The van der Waals surface area contributed by atoms with Crippen LogP contribution in [0, 0.1) is 5.82 Å². The third-order valence-electron chi connectivity index (χ3n) is 3.32. The molecule has 2 rings (SSSR count). The van der Waals surface area contributed by atoms with Gasteiger partial charge in [-0.3, -0.25) is 0 Å². The van der Waals surface area contributed by atoms with Crippen LogP contribution in [0.15, 0.2) is 24.3 Å². The molecule has 1 aliphatic rings. The molecule has 1 aromatic rings. The monoisotopic (exact) mass is 330 g/mol. The summed E-state index contributed by atoms with van der Waals surface area (Å²) in [6.45, 7) is 1.13. The van der Waals surface area contributed by atoms with Gasteiger partial charge >= 0.3 is 6.03 Å². The minimum absolute atomic E-state index is 0.0691. The molecule has 0 aliphatic carbocycles. The lowest BCUT2D eigenvalue weighted by Gasteiger charge is -2.33. The van der Waals surface area contributed by atoms with Crippen LogP contribution in [-0.4, -0.2) is 57.6 Å². The number of nitrogens with zero attached hydrogens (tertiary/aromatic N) is 1. The van der Waals surface area contributed by atoms with E-state index in [1.165, 1.54) is 12.1 Å². The molecule has 1 heterocycles. The molecule has 6 nitrogen and oxygen atoms in total. The van der Waals surface area contributed by atoms with E-state index in [1.807, 2.05) is 0 Å². The number of hydrogen-bond acceptors (Lipinski definition) is 4. The predicted molar refractivity (Wildman–Crippen MR) is 79.8 cm³/mol. The fourth-order valence-corrected chi connectivity index (χ4v) is 2.67. The van der Waals surface area contributed by atoms with Crippen molar-refractivity contribution in [2.24, 2.45) is 0 Å². The van der Waals surface area contributed by atoms with E-state index in [0.29, 0.717) is 25.3 Å². The molecule has 1 fully saturated rings. The Hall–Kier alpha value is -1.67. The lowest BCUT2D eigenvalue weighted by molar-refractivity contribution is -0.0154. The lowest BCUT2D eigenvalue weighted by Crippen LogP contribution is -2.48. The molecule has 1 N–H and O–H groups in total. The summed E-state index contributed by atoms with van der Waals surface area (Å²) < 4.78 is 40.9. The Bertz CT molecular complexity index is 635. The second-order valence-corrected chi connectivity index (χ2v) is 7.48. The van der Waals surface area contributed by atoms with Gasteiger partial charge in [-0.15, -0.1) is 0 Å². The number of benzene rings is 1. The smallest absolute Gasteiger partial charge is 0.317 e. The number of carbonyl (C=O) groups is 1. The predicted octanol–water partition coefficient (Wildman–Crippen LogP) is 0.953. The highest BCUT2D eigenvalue weighted by molar-refractivity contribution is 7.90. The van der Waals surface area contributed by atoms with E-state index in [0.717, 1.165) is 6.26 Å². The quantitative estimate of drug-likeness (QED) is 0.892. The summed E-state index contributed by atoms with van der Waals surface area (Å²) in [7, 11) is -3.11. The summed E-state index contributed by atoms with van der Waals surface area (Å²) in [6.07, 6.45) is 0.735. The Balaban J connectivity index is 1.91. The average Bonchev–Trinajstić information content (AvgIpc) is 2.46. The largest absolute Gasteiger partial charge is 0.370 e. The minimum Gasteiger partial charge on any atom is -0.370 e. The van der Waals surface area contributed by atoms with Gasteiger partial charge in [0.05, 0.1) is 18.9 Å². The van der Waals surface area contributed by atoms with E-state index >= 15 is 0 Å². The van der Waals surface area contributed by atoms with Gasteiger partial charge in [0.2, 0.25) is 0 Å². The van der Waals surface area contributed by atoms with E-state index in [1.54, 1.807) is 17.0 Å². The standard InChI is InChI=1S/C14H19FN2O4S/c1-22(19,20)8-5-16-14(18)17-6-7-21-13(10-17)11-3-2-4-12(15)9-11/h2-4,9,13H,5-8,10H2,1H3,(H,16,18). The van der Waals surface area contributed by atoms with Gasteiger partial charge in [-0.1, -0.05) is 12.1 Å². The van der Waals surface area contributed by atoms with Crippen LogP contribution in [0.4, 0.5) is 9.18 Å². The number of urea groups is 1. The Morgan fingerprint density at radius 2 is 2.27 bits per heavy atom. The third-order valence-corrected chi connectivity index (χ3v) is 4.27. The number of nitrogens with one attached hydrogen (secondary N) is 1. The third kappa shape index (κ3) is 4.96. The zero-order valence-electron chi connectivity index (χ0n) is 12.3. The number of ether oxygens (including phenoxy) is 1. The molecule has 1 aromatic carbocycles. The van der Waals surface area contributed by atoms with Crippen LogP contribution in [0.2, 0.25) is 0 Å². The summed E-state index contributed by atoms with van der Waals surface area (Å²) in [4.78, 5) is 13.6. The van der Waals surface area contributed by atoms with Gasteiger partial charge in [-0.05, 0) is 17.7 Å². The Labute approximate surface area is 129 Å². The molecule has 1 atom stereocenters. The lowest BCUT2D eigenvalue weighted by atomic mass is 10.1. The van der Waals surface area contributed by atoms with Gasteiger partial charge in [0.25, 0.3) is 0 Å². The molecule has 0 bridgehead atoms. The summed E-state index contributed by atoms with van der Waals surface area (Å²) in [5, 5.41) is 2.57. The van der Waals surface area contributed by atoms with Gasteiger partial charge in [0, 0.05) is 19.3 Å². The summed E-state index contributed by atoms with van der Waals surface area (Å²) in [5.74, 6) is -0.452. The van der Waals surface area contributed by atoms with Gasteiger partial charge in [-0.2, -0.15) is 0 Å². The molecular weight excluding hydrogens is 311 g/mol. The molecule has 0 spiro atoms. The maximum Gasteiger partial charge on any atom is 0.317 e. The molecule has 8 heteroatoms. The van der Waals surface area contributed by atoms with E-state index in [4.69, 9.17) is 4.74 Å². The Morgan fingerprint density at radius 1 is 1.50 bits per heavy atom. The van der Waals surface area contributed by atoms with Crippen LogP contribution in [-0.2, 0) is 14.6 Å². The number of carbonyl (C=O) groups excluding carboxylic acids is 1. The maximum atomic E-state index is 13.3. The molecular formula is C14H19FN2O4S. The van der Waals surface area contributed by atoms with Gasteiger partial charge < -0.3 is 15.0 Å². The first-order chi connectivity index (χ1) is 10.3.